The number of aliphatic hydroxyl groups excluding tert-OH is 1. The number of fused-ring (bicyclic) bond motifs is 2. The van der Waals surface area contributed by atoms with Crippen molar-refractivity contribution in [3.05, 3.63) is 100 Å². The van der Waals surface area contributed by atoms with Crippen LogP contribution in [0.5, 0.6) is 0 Å². The van der Waals surface area contributed by atoms with Gasteiger partial charge in [-0.25, -0.2) is 0 Å². The lowest BCUT2D eigenvalue weighted by Gasteiger charge is -2.31. The van der Waals surface area contributed by atoms with Gasteiger partial charge in [-0.2, -0.15) is 0 Å². The topological polar surface area (TPSA) is 101 Å². The van der Waals surface area contributed by atoms with Gasteiger partial charge in [0.05, 0.1) is 24.0 Å². The van der Waals surface area contributed by atoms with Gasteiger partial charge in [-0.15, -0.1) is 5.10 Å². The summed E-state index contributed by atoms with van der Waals surface area (Å²) in [6, 6.07) is 22.7. The molecule has 240 valence electrons. The fourth-order valence-electron chi connectivity index (χ4n) is 7.23. The molecule has 4 aromatic rings. The lowest BCUT2D eigenvalue weighted by Crippen LogP contribution is -2.45. The van der Waals surface area contributed by atoms with Crippen LogP contribution >= 0.6 is 15.9 Å². The maximum Gasteiger partial charge on any atom is 0.264 e. The molecule has 3 aromatic carbocycles. The first-order valence-electron chi connectivity index (χ1n) is 15.4. The van der Waals surface area contributed by atoms with E-state index in [9.17, 15) is 14.7 Å². The van der Waals surface area contributed by atoms with Crippen LogP contribution in [0.1, 0.15) is 30.2 Å². The van der Waals surface area contributed by atoms with Crippen molar-refractivity contribution in [1.29, 1.82) is 0 Å². The summed E-state index contributed by atoms with van der Waals surface area (Å²) < 4.78 is 25.6. The molecular weight excluding hydrogens is 669 g/mol. The van der Waals surface area contributed by atoms with Gasteiger partial charge >= 0.3 is 0 Å². The van der Waals surface area contributed by atoms with Gasteiger partial charge in [0.15, 0.2) is 5.60 Å². The third-order valence-electron chi connectivity index (χ3n) is 9.19. The van der Waals surface area contributed by atoms with Crippen molar-refractivity contribution in [2.75, 3.05) is 16.4 Å². The van der Waals surface area contributed by atoms with Crippen molar-refractivity contribution < 1.29 is 23.5 Å². The van der Waals surface area contributed by atoms with Gasteiger partial charge < -0.3 is 18.9 Å². The summed E-state index contributed by atoms with van der Waals surface area (Å²) >= 11 is 3.60. The van der Waals surface area contributed by atoms with Crippen LogP contribution in [-0.2, 0) is 39.4 Å². The highest BCUT2D eigenvalue weighted by Gasteiger charge is 2.66. The number of carbonyl (C=O) groups is 2. The minimum atomic E-state index is -3.33. The summed E-state index contributed by atoms with van der Waals surface area (Å²) in [4.78, 5) is 30.2. The number of aromatic nitrogens is 3. The number of carbonyl (C=O) groups excluding carboxylic acids is 2. The highest BCUT2D eigenvalue weighted by atomic mass is 79.9. The van der Waals surface area contributed by atoms with E-state index in [2.05, 4.69) is 26.2 Å². The van der Waals surface area contributed by atoms with Crippen molar-refractivity contribution in [2.24, 2.45) is 5.92 Å². The SMILES string of the molecule is C[C@H]1[C@H]([Si](C)(C)F)[C@@H](CCn2cc(CCO)nn2)O[C@]12C(=O)N(Cc1cccc(N(C=O)c3ccccc3)c1)c1ccc(Br)cc12. The van der Waals surface area contributed by atoms with E-state index in [1.807, 2.05) is 79.7 Å². The zero-order chi connectivity index (χ0) is 32.6. The predicted molar refractivity (Wildman–Crippen MR) is 180 cm³/mol. The molecule has 6 rings (SSSR count). The second-order valence-electron chi connectivity index (χ2n) is 12.5. The number of hydrogen-bond acceptors (Lipinski definition) is 6. The first-order chi connectivity index (χ1) is 22.1. The summed E-state index contributed by atoms with van der Waals surface area (Å²) in [5.41, 5.74) is 2.59. The van der Waals surface area contributed by atoms with E-state index in [0.29, 0.717) is 30.8 Å². The first kappa shape index (κ1) is 32.2. The third kappa shape index (κ3) is 5.83. The van der Waals surface area contributed by atoms with Gasteiger partial charge in [-0.05, 0) is 67.5 Å². The van der Waals surface area contributed by atoms with E-state index >= 15 is 4.11 Å². The van der Waals surface area contributed by atoms with Gasteiger partial charge in [0, 0.05) is 58.6 Å². The van der Waals surface area contributed by atoms with Crippen LogP contribution in [-0.4, -0.2) is 53.5 Å². The second-order valence-corrected chi connectivity index (χ2v) is 17.3. The molecule has 46 heavy (non-hydrogen) atoms. The van der Waals surface area contributed by atoms with Gasteiger partial charge in [0.1, 0.15) is 0 Å². The van der Waals surface area contributed by atoms with Gasteiger partial charge in [0.2, 0.25) is 14.8 Å². The number of ether oxygens (including phenoxy) is 1. The molecule has 1 aromatic heterocycles. The Balaban J connectivity index is 1.33. The molecule has 1 fully saturated rings. The number of aliphatic hydroxyl groups is 1. The summed E-state index contributed by atoms with van der Waals surface area (Å²) in [5.74, 6) is -0.643. The van der Waals surface area contributed by atoms with Crippen molar-refractivity contribution in [3.8, 4) is 0 Å². The number of amides is 2. The lowest BCUT2D eigenvalue weighted by molar-refractivity contribution is -0.146. The van der Waals surface area contributed by atoms with E-state index in [0.717, 1.165) is 33.4 Å². The molecule has 0 saturated carbocycles. The molecule has 2 aliphatic heterocycles. The van der Waals surface area contributed by atoms with Crippen LogP contribution in [0.3, 0.4) is 0 Å². The monoisotopic (exact) mass is 705 g/mol. The third-order valence-corrected chi connectivity index (χ3v) is 12.1. The fraction of sp³-hybridized carbons (Fsp3) is 0.353. The van der Waals surface area contributed by atoms with E-state index in [4.69, 9.17) is 4.74 Å². The maximum absolute atomic E-state index is 16.2. The van der Waals surface area contributed by atoms with Gasteiger partial charge in [0.25, 0.3) is 5.91 Å². The molecule has 1 N–H and O–H groups in total. The number of aryl methyl sites for hydroxylation is 1. The molecule has 12 heteroatoms. The zero-order valence-electron chi connectivity index (χ0n) is 26.0. The van der Waals surface area contributed by atoms with Crippen LogP contribution in [0.25, 0.3) is 0 Å². The fourth-order valence-corrected chi connectivity index (χ4v) is 10.1. The second kappa shape index (κ2) is 12.8. The quantitative estimate of drug-likeness (QED) is 0.112. The average molecular weight is 707 g/mol. The maximum atomic E-state index is 16.2. The van der Waals surface area contributed by atoms with Crippen molar-refractivity contribution >= 4 is 53.7 Å². The number of anilines is 3. The van der Waals surface area contributed by atoms with Crippen molar-refractivity contribution in [3.63, 3.8) is 0 Å². The van der Waals surface area contributed by atoms with E-state index < -0.39 is 31.6 Å². The van der Waals surface area contributed by atoms with Crippen LogP contribution in [0, 0.1) is 5.92 Å². The first-order valence-corrected chi connectivity index (χ1v) is 19.2. The molecule has 0 aliphatic carbocycles. The Bertz CT molecular complexity index is 1730. The Labute approximate surface area is 277 Å². The van der Waals surface area contributed by atoms with Crippen LogP contribution in [0.15, 0.2) is 83.5 Å². The minimum Gasteiger partial charge on any atom is -0.396 e. The molecule has 2 amide bonds. The Morgan fingerprint density at radius 3 is 2.59 bits per heavy atom. The molecule has 3 heterocycles. The van der Waals surface area contributed by atoms with Crippen molar-refractivity contribution in [2.45, 2.75) is 63.2 Å². The van der Waals surface area contributed by atoms with Crippen molar-refractivity contribution in [1.82, 2.24) is 15.0 Å². The zero-order valence-corrected chi connectivity index (χ0v) is 28.6. The molecule has 0 radical (unpaired) electrons. The largest absolute Gasteiger partial charge is 0.396 e. The highest BCUT2D eigenvalue weighted by Crippen LogP contribution is 2.60. The average Bonchev–Trinajstić information content (AvgIpc) is 3.67. The Morgan fingerprint density at radius 1 is 1.11 bits per heavy atom. The minimum absolute atomic E-state index is 0.0194. The predicted octanol–water partition coefficient (Wildman–Crippen LogP) is 6.28. The Hall–Kier alpha value is -3.71. The van der Waals surface area contributed by atoms with Crippen LogP contribution < -0.4 is 9.80 Å². The van der Waals surface area contributed by atoms with E-state index in [-0.39, 0.29) is 19.1 Å². The molecule has 9 nitrogen and oxygen atoms in total. The van der Waals surface area contributed by atoms with E-state index in [1.54, 1.807) is 33.8 Å². The summed E-state index contributed by atoms with van der Waals surface area (Å²) in [6.45, 7) is 6.00. The number of halogens is 2. The van der Waals surface area contributed by atoms with Crippen LogP contribution in [0.4, 0.5) is 21.2 Å². The summed E-state index contributed by atoms with van der Waals surface area (Å²) in [6.07, 6.45) is 2.91. The number of rotatable bonds is 11. The highest BCUT2D eigenvalue weighted by molar-refractivity contribution is 9.10. The van der Waals surface area contributed by atoms with Gasteiger partial charge in [-0.3, -0.25) is 19.2 Å². The van der Waals surface area contributed by atoms with E-state index in [1.165, 1.54) is 0 Å². The molecule has 0 bridgehead atoms. The molecule has 0 unspecified atom stereocenters. The van der Waals surface area contributed by atoms with Crippen LogP contribution in [0.2, 0.25) is 18.6 Å². The summed E-state index contributed by atoms with van der Waals surface area (Å²) in [5, 5.41) is 17.5. The molecule has 1 spiro atoms. The van der Waals surface area contributed by atoms with Gasteiger partial charge in [-0.1, -0.05) is 58.4 Å². The summed E-state index contributed by atoms with van der Waals surface area (Å²) in [7, 11) is -3.33. The molecular formula is C34H37BrFN5O4Si. The lowest BCUT2D eigenvalue weighted by atomic mass is 9.82. The molecule has 2 aliphatic rings. The standard InChI is InChI=1S/C34H37BrFN5O4Si/c1-23-32(46(2,3)36)31(14-16-39-21-26(15-17-42)37-38-39)45-34(23)29-19-25(35)12-13-30(29)40(33(34)44)20-24-8-7-11-28(18-24)41(22-43)27-9-5-4-6-10-27/h4-13,18-19,21-23,31-32,42H,14-17,20H2,1-3H3/t23-,31+,32-,34+/m0/s1. The normalized spacial score (nSPS) is 22.4. The number of nitrogens with zero attached hydrogens (tertiary/aromatic N) is 5. The number of para-hydroxylation sites is 1. The Kier molecular flexibility index (Phi) is 8.99. The Morgan fingerprint density at radius 2 is 1.87 bits per heavy atom. The molecule has 1 saturated heterocycles. The molecule has 4 atom stereocenters. The number of benzene rings is 3. The number of hydrogen-bond donors (Lipinski definition) is 1. The smallest absolute Gasteiger partial charge is 0.264 e.